The van der Waals surface area contributed by atoms with Crippen molar-refractivity contribution < 1.29 is 15.3 Å². The van der Waals surface area contributed by atoms with Crippen LogP contribution in [0.4, 0.5) is 0 Å². The summed E-state index contributed by atoms with van der Waals surface area (Å²) >= 11 is 0. The van der Waals surface area contributed by atoms with Crippen molar-refractivity contribution in [2.24, 2.45) is 5.73 Å². The summed E-state index contributed by atoms with van der Waals surface area (Å²) in [6.07, 6.45) is 1.43. The van der Waals surface area contributed by atoms with Gasteiger partial charge in [-0.3, -0.25) is 5.32 Å². The Morgan fingerprint density at radius 1 is 1.25 bits per heavy atom. The van der Waals surface area contributed by atoms with Crippen molar-refractivity contribution in [3.8, 4) is 0 Å². The molecule has 0 aromatic heterocycles. The van der Waals surface area contributed by atoms with Crippen LogP contribution in [0.25, 0.3) is 0 Å². The first-order valence-corrected chi connectivity index (χ1v) is 4.07. The van der Waals surface area contributed by atoms with Crippen LogP contribution in [0.3, 0.4) is 0 Å². The van der Waals surface area contributed by atoms with E-state index in [-0.39, 0.29) is 13.2 Å². The molecule has 0 aliphatic rings. The summed E-state index contributed by atoms with van der Waals surface area (Å²) in [4.78, 5) is 0. The summed E-state index contributed by atoms with van der Waals surface area (Å²) < 4.78 is 0. The molecule has 5 nitrogen and oxygen atoms in total. The fraction of sp³-hybridized carbons (Fsp3) is 1.00. The molecular weight excluding hydrogens is 160 g/mol. The Bertz CT molecular complexity index is 107. The Hall–Kier alpha value is -0.200. The molecule has 6 N–H and O–H groups in total. The van der Waals surface area contributed by atoms with E-state index in [4.69, 9.17) is 15.9 Å². The van der Waals surface area contributed by atoms with Crippen molar-refractivity contribution in [1.82, 2.24) is 5.32 Å². The number of nitrogens with one attached hydrogen (secondary N) is 1. The fourth-order valence-electron chi connectivity index (χ4n) is 0.750. The highest BCUT2D eigenvalue weighted by molar-refractivity contribution is 4.74. The van der Waals surface area contributed by atoms with Crippen molar-refractivity contribution in [3.63, 3.8) is 0 Å². The molecule has 0 spiro atoms. The molecule has 5 heteroatoms. The first kappa shape index (κ1) is 11.8. The van der Waals surface area contributed by atoms with Gasteiger partial charge in [-0.05, 0) is 19.4 Å². The summed E-state index contributed by atoms with van der Waals surface area (Å²) in [6.45, 7) is 0.252. The van der Waals surface area contributed by atoms with E-state index in [1.165, 1.54) is 0 Å². The van der Waals surface area contributed by atoms with Gasteiger partial charge in [-0.15, -0.1) is 0 Å². The van der Waals surface area contributed by atoms with E-state index in [9.17, 15) is 5.11 Å². The molecule has 0 aromatic carbocycles. The van der Waals surface area contributed by atoms with Crippen LogP contribution in [0.2, 0.25) is 0 Å². The maximum absolute atomic E-state index is 9.38. The van der Waals surface area contributed by atoms with Crippen LogP contribution >= 0.6 is 0 Å². The predicted octanol–water partition coefficient (Wildman–Crippen LogP) is -2.01. The van der Waals surface area contributed by atoms with E-state index in [1.807, 2.05) is 0 Å². The average Bonchev–Trinajstić information content (AvgIpc) is 2.12. The van der Waals surface area contributed by atoms with Gasteiger partial charge in [0, 0.05) is 13.2 Å². The average molecular weight is 178 g/mol. The van der Waals surface area contributed by atoms with Crippen LogP contribution in [-0.4, -0.2) is 47.3 Å². The SMILES string of the molecule is NCC(O)(CO)NCCCCO. The van der Waals surface area contributed by atoms with Gasteiger partial charge >= 0.3 is 0 Å². The second-order valence-electron chi connectivity index (χ2n) is 2.75. The third-order valence-corrected chi connectivity index (χ3v) is 1.64. The maximum atomic E-state index is 9.38. The molecule has 0 radical (unpaired) electrons. The Labute approximate surface area is 72.2 Å². The van der Waals surface area contributed by atoms with Crippen LogP contribution in [0, 0.1) is 0 Å². The van der Waals surface area contributed by atoms with Gasteiger partial charge in [0.25, 0.3) is 0 Å². The van der Waals surface area contributed by atoms with Gasteiger partial charge in [-0.2, -0.15) is 0 Å². The van der Waals surface area contributed by atoms with Gasteiger partial charge in [0.2, 0.25) is 0 Å². The molecule has 0 fully saturated rings. The van der Waals surface area contributed by atoms with E-state index < -0.39 is 12.3 Å². The third kappa shape index (κ3) is 4.63. The zero-order valence-corrected chi connectivity index (χ0v) is 7.16. The van der Waals surface area contributed by atoms with Crippen LogP contribution < -0.4 is 11.1 Å². The third-order valence-electron chi connectivity index (χ3n) is 1.64. The lowest BCUT2D eigenvalue weighted by Crippen LogP contribution is -2.54. The molecule has 12 heavy (non-hydrogen) atoms. The Balaban J connectivity index is 3.45. The van der Waals surface area contributed by atoms with Gasteiger partial charge < -0.3 is 21.1 Å². The molecule has 0 bridgehead atoms. The number of hydrogen-bond acceptors (Lipinski definition) is 5. The van der Waals surface area contributed by atoms with Crippen LogP contribution in [0.1, 0.15) is 12.8 Å². The fourth-order valence-corrected chi connectivity index (χ4v) is 0.750. The second-order valence-corrected chi connectivity index (χ2v) is 2.75. The van der Waals surface area contributed by atoms with E-state index in [1.54, 1.807) is 0 Å². The van der Waals surface area contributed by atoms with Crippen molar-refractivity contribution in [3.05, 3.63) is 0 Å². The number of aliphatic hydroxyl groups is 3. The zero-order valence-electron chi connectivity index (χ0n) is 7.16. The van der Waals surface area contributed by atoms with Gasteiger partial charge in [-0.25, -0.2) is 0 Å². The Morgan fingerprint density at radius 3 is 2.33 bits per heavy atom. The molecular formula is C7H18N2O3. The summed E-state index contributed by atoms with van der Waals surface area (Å²) in [5, 5.41) is 29.2. The molecule has 0 amide bonds. The molecule has 74 valence electrons. The highest BCUT2D eigenvalue weighted by atomic mass is 16.3. The zero-order chi connectivity index (χ0) is 9.45. The van der Waals surface area contributed by atoms with Crippen molar-refractivity contribution in [2.45, 2.75) is 18.6 Å². The summed E-state index contributed by atoms with van der Waals surface area (Å²) in [5.74, 6) is 0. The van der Waals surface area contributed by atoms with Crippen LogP contribution in [-0.2, 0) is 0 Å². The standard InChI is InChI=1S/C7H18N2O3/c8-5-7(12,6-11)9-3-1-2-4-10/h9-12H,1-6,8H2. The quantitative estimate of drug-likeness (QED) is 0.229. The van der Waals surface area contributed by atoms with E-state index in [2.05, 4.69) is 5.32 Å². The van der Waals surface area contributed by atoms with E-state index in [0.29, 0.717) is 13.0 Å². The molecule has 0 aliphatic carbocycles. The molecule has 1 unspecified atom stereocenters. The molecule has 0 saturated carbocycles. The van der Waals surface area contributed by atoms with E-state index in [0.717, 1.165) is 6.42 Å². The number of rotatable bonds is 7. The van der Waals surface area contributed by atoms with Gasteiger partial charge in [0.15, 0.2) is 5.72 Å². The van der Waals surface area contributed by atoms with Gasteiger partial charge in [0.05, 0.1) is 6.61 Å². The lowest BCUT2D eigenvalue weighted by atomic mass is 10.2. The van der Waals surface area contributed by atoms with Crippen molar-refractivity contribution in [2.75, 3.05) is 26.3 Å². The Kier molecular flexibility index (Phi) is 6.23. The van der Waals surface area contributed by atoms with Gasteiger partial charge in [-0.1, -0.05) is 0 Å². The monoisotopic (exact) mass is 178 g/mol. The summed E-state index contributed by atoms with van der Waals surface area (Å²) in [5.41, 5.74) is 3.84. The predicted molar refractivity (Wildman–Crippen MR) is 45.4 cm³/mol. The summed E-state index contributed by atoms with van der Waals surface area (Å²) in [7, 11) is 0. The van der Waals surface area contributed by atoms with Crippen LogP contribution in [0.15, 0.2) is 0 Å². The number of hydrogen-bond donors (Lipinski definition) is 5. The minimum absolute atomic E-state index is 0.0252. The second kappa shape index (κ2) is 6.33. The Morgan fingerprint density at radius 2 is 1.92 bits per heavy atom. The number of nitrogens with two attached hydrogens (primary N) is 1. The first-order valence-electron chi connectivity index (χ1n) is 4.07. The molecule has 1 atom stereocenters. The highest BCUT2D eigenvalue weighted by Gasteiger charge is 2.21. The number of aliphatic hydroxyl groups excluding tert-OH is 2. The molecule has 0 aliphatic heterocycles. The topological polar surface area (TPSA) is 98.7 Å². The van der Waals surface area contributed by atoms with Gasteiger partial charge in [0.1, 0.15) is 0 Å². The minimum atomic E-state index is -1.37. The minimum Gasteiger partial charge on any atom is -0.396 e. The lowest BCUT2D eigenvalue weighted by Gasteiger charge is -2.25. The largest absolute Gasteiger partial charge is 0.396 e. The molecule has 0 rings (SSSR count). The normalized spacial score (nSPS) is 16.0. The molecule has 0 saturated heterocycles. The number of unbranched alkanes of at least 4 members (excludes halogenated alkanes) is 1. The van der Waals surface area contributed by atoms with Crippen molar-refractivity contribution in [1.29, 1.82) is 0 Å². The smallest absolute Gasteiger partial charge is 0.151 e. The first-order chi connectivity index (χ1) is 5.68. The van der Waals surface area contributed by atoms with Crippen LogP contribution in [0.5, 0.6) is 0 Å². The molecule has 0 aromatic rings. The lowest BCUT2D eigenvalue weighted by molar-refractivity contribution is -0.0351. The maximum Gasteiger partial charge on any atom is 0.151 e. The van der Waals surface area contributed by atoms with E-state index >= 15 is 0 Å². The van der Waals surface area contributed by atoms with Crippen molar-refractivity contribution >= 4 is 0 Å². The molecule has 0 heterocycles. The summed E-state index contributed by atoms with van der Waals surface area (Å²) in [6, 6.07) is 0. The highest BCUT2D eigenvalue weighted by Crippen LogP contribution is 1.95.